The van der Waals surface area contributed by atoms with E-state index >= 15 is 0 Å². The highest BCUT2D eigenvalue weighted by molar-refractivity contribution is 6.21. The van der Waals surface area contributed by atoms with Gasteiger partial charge in [0.2, 0.25) is 5.91 Å². The van der Waals surface area contributed by atoms with Crippen LogP contribution in [0, 0.1) is 0 Å². The van der Waals surface area contributed by atoms with Crippen molar-refractivity contribution in [1.29, 1.82) is 0 Å². The van der Waals surface area contributed by atoms with Crippen LogP contribution in [0.2, 0.25) is 0 Å². The molecule has 0 radical (unpaired) electrons. The summed E-state index contributed by atoms with van der Waals surface area (Å²) in [6.07, 6.45) is 1.07. The van der Waals surface area contributed by atoms with E-state index in [1.807, 2.05) is 0 Å². The Bertz CT molecular complexity index is 593. The van der Waals surface area contributed by atoms with Crippen LogP contribution >= 0.6 is 0 Å². The van der Waals surface area contributed by atoms with Gasteiger partial charge in [0, 0.05) is 33.2 Å². The normalized spacial score (nSPS) is 20.7. The van der Waals surface area contributed by atoms with E-state index in [1.54, 1.807) is 36.3 Å². The maximum Gasteiger partial charge on any atom is 0.261 e. The molecule has 116 valence electrons. The van der Waals surface area contributed by atoms with E-state index in [0.29, 0.717) is 24.2 Å². The minimum Gasteiger partial charge on any atom is -0.380 e. The second kappa shape index (κ2) is 5.88. The summed E-state index contributed by atoms with van der Waals surface area (Å²) in [4.78, 5) is 39.5. The Morgan fingerprint density at radius 2 is 1.86 bits per heavy atom. The Labute approximate surface area is 128 Å². The van der Waals surface area contributed by atoms with Crippen LogP contribution in [-0.2, 0) is 9.53 Å². The molecule has 0 N–H and O–H groups in total. The van der Waals surface area contributed by atoms with Gasteiger partial charge < -0.3 is 9.64 Å². The van der Waals surface area contributed by atoms with Crippen LogP contribution < -0.4 is 0 Å². The molecule has 0 aromatic heterocycles. The van der Waals surface area contributed by atoms with Gasteiger partial charge in [0.05, 0.1) is 17.2 Å². The van der Waals surface area contributed by atoms with Crippen LogP contribution in [0.3, 0.4) is 0 Å². The van der Waals surface area contributed by atoms with Gasteiger partial charge in [-0.05, 0) is 18.6 Å². The van der Waals surface area contributed by atoms with Crippen molar-refractivity contribution in [2.45, 2.75) is 18.9 Å². The molecule has 0 saturated carbocycles. The molecule has 6 heteroatoms. The van der Waals surface area contributed by atoms with Gasteiger partial charge in [-0.25, -0.2) is 0 Å². The summed E-state index contributed by atoms with van der Waals surface area (Å²) < 4.78 is 5.23. The number of nitrogens with zero attached hydrogens (tertiary/aromatic N) is 2. The van der Waals surface area contributed by atoms with E-state index in [2.05, 4.69) is 0 Å². The van der Waals surface area contributed by atoms with Crippen LogP contribution in [0.15, 0.2) is 24.3 Å². The molecule has 1 fully saturated rings. The summed E-state index contributed by atoms with van der Waals surface area (Å²) >= 11 is 0. The Balaban J connectivity index is 1.60. The third-order valence-electron chi connectivity index (χ3n) is 4.26. The summed E-state index contributed by atoms with van der Waals surface area (Å²) in [7, 11) is 1.64. The molecule has 2 heterocycles. The zero-order valence-electron chi connectivity index (χ0n) is 12.4. The summed E-state index contributed by atoms with van der Waals surface area (Å²) in [5.74, 6) is -0.676. The lowest BCUT2D eigenvalue weighted by molar-refractivity contribution is -0.130. The molecule has 2 aliphatic heterocycles. The monoisotopic (exact) mass is 302 g/mol. The second-order valence-electron chi connectivity index (χ2n) is 5.54. The molecule has 2 aliphatic rings. The van der Waals surface area contributed by atoms with E-state index in [4.69, 9.17) is 4.74 Å². The van der Waals surface area contributed by atoms with Gasteiger partial charge in [0.25, 0.3) is 11.8 Å². The summed E-state index contributed by atoms with van der Waals surface area (Å²) in [5.41, 5.74) is 0.834. The molecule has 1 unspecified atom stereocenters. The minimum absolute atomic E-state index is 0.0453. The predicted octanol–water partition coefficient (Wildman–Crippen LogP) is 0.920. The van der Waals surface area contributed by atoms with Crippen molar-refractivity contribution in [2.75, 3.05) is 26.7 Å². The first-order valence-electron chi connectivity index (χ1n) is 7.37. The number of methoxy groups -OCH3 is 1. The van der Waals surface area contributed by atoms with Gasteiger partial charge in [-0.3, -0.25) is 19.3 Å². The van der Waals surface area contributed by atoms with E-state index in [1.165, 1.54) is 0 Å². The van der Waals surface area contributed by atoms with Gasteiger partial charge in [-0.15, -0.1) is 0 Å². The first kappa shape index (κ1) is 14.7. The molecular formula is C16H18N2O4. The third-order valence-corrected chi connectivity index (χ3v) is 4.26. The van der Waals surface area contributed by atoms with E-state index in [9.17, 15) is 14.4 Å². The number of likely N-dealkylation sites (tertiary alicyclic amines) is 1. The number of imide groups is 1. The van der Waals surface area contributed by atoms with Crippen molar-refractivity contribution in [1.82, 2.24) is 9.80 Å². The van der Waals surface area contributed by atoms with E-state index < -0.39 is 0 Å². The molecule has 6 nitrogen and oxygen atoms in total. The van der Waals surface area contributed by atoms with E-state index in [0.717, 1.165) is 11.3 Å². The van der Waals surface area contributed by atoms with Crippen molar-refractivity contribution in [2.24, 2.45) is 0 Å². The molecule has 1 aromatic carbocycles. The highest BCUT2D eigenvalue weighted by atomic mass is 16.5. The van der Waals surface area contributed by atoms with Crippen LogP contribution in [0.4, 0.5) is 0 Å². The lowest BCUT2D eigenvalue weighted by atomic mass is 10.1. The summed E-state index contributed by atoms with van der Waals surface area (Å²) in [6, 6.07) is 6.74. The van der Waals surface area contributed by atoms with Crippen molar-refractivity contribution in [3.8, 4) is 0 Å². The first-order chi connectivity index (χ1) is 10.6. The van der Waals surface area contributed by atoms with Gasteiger partial charge >= 0.3 is 0 Å². The van der Waals surface area contributed by atoms with Crippen molar-refractivity contribution < 1.29 is 19.1 Å². The van der Waals surface area contributed by atoms with Crippen molar-refractivity contribution >= 4 is 17.7 Å². The predicted molar refractivity (Wildman–Crippen MR) is 78.4 cm³/mol. The number of rotatable bonds is 4. The average molecular weight is 302 g/mol. The molecule has 3 rings (SSSR count). The van der Waals surface area contributed by atoms with Crippen LogP contribution in [0.5, 0.6) is 0 Å². The SMILES string of the molecule is COC1CCN(C(=O)CCN2C(=O)c3ccccc3C2=O)C1. The summed E-state index contributed by atoms with van der Waals surface area (Å²) in [6.45, 7) is 1.37. The lowest BCUT2D eigenvalue weighted by Crippen LogP contribution is -2.36. The van der Waals surface area contributed by atoms with Crippen molar-refractivity contribution in [3.63, 3.8) is 0 Å². The number of fused-ring (bicyclic) bond motifs is 1. The van der Waals surface area contributed by atoms with Crippen LogP contribution in [0.25, 0.3) is 0 Å². The maximum absolute atomic E-state index is 12.2. The topological polar surface area (TPSA) is 66.9 Å². The Kier molecular flexibility index (Phi) is 3.94. The van der Waals surface area contributed by atoms with Gasteiger partial charge in [-0.2, -0.15) is 0 Å². The number of carbonyl (C=O) groups is 3. The average Bonchev–Trinajstić information content (AvgIpc) is 3.11. The fourth-order valence-electron chi connectivity index (χ4n) is 2.95. The zero-order valence-corrected chi connectivity index (χ0v) is 12.4. The smallest absolute Gasteiger partial charge is 0.261 e. The number of ether oxygens (including phenoxy) is 1. The fraction of sp³-hybridized carbons (Fsp3) is 0.438. The lowest BCUT2D eigenvalue weighted by Gasteiger charge is -2.18. The quantitative estimate of drug-likeness (QED) is 0.776. The molecule has 3 amide bonds. The second-order valence-corrected chi connectivity index (χ2v) is 5.54. The third kappa shape index (κ3) is 2.50. The largest absolute Gasteiger partial charge is 0.380 e. The highest BCUT2D eigenvalue weighted by Gasteiger charge is 2.35. The molecule has 0 bridgehead atoms. The van der Waals surface area contributed by atoms with Crippen molar-refractivity contribution in [3.05, 3.63) is 35.4 Å². The number of benzene rings is 1. The highest BCUT2D eigenvalue weighted by Crippen LogP contribution is 2.22. The first-order valence-corrected chi connectivity index (χ1v) is 7.37. The van der Waals surface area contributed by atoms with Gasteiger partial charge in [0.15, 0.2) is 0 Å². The number of amides is 3. The van der Waals surface area contributed by atoms with Gasteiger partial charge in [0.1, 0.15) is 0 Å². The van der Waals surface area contributed by atoms with E-state index in [-0.39, 0.29) is 36.8 Å². The molecular weight excluding hydrogens is 284 g/mol. The molecule has 22 heavy (non-hydrogen) atoms. The Morgan fingerprint density at radius 3 is 2.41 bits per heavy atom. The molecule has 0 spiro atoms. The number of hydrogen-bond acceptors (Lipinski definition) is 4. The molecule has 0 aliphatic carbocycles. The molecule has 1 atom stereocenters. The maximum atomic E-state index is 12.2. The fourth-order valence-corrected chi connectivity index (χ4v) is 2.95. The number of carbonyl (C=O) groups excluding carboxylic acids is 3. The summed E-state index contributed by atoms with van der Waals surface area (Å²) in [5, 5.41) is 0. The van der Waals surface area contributed by atoms with Crippen LogP contribution in [0.1, 0.15) is 33.6 Å². The molecule has 1 saturated heterocycles. The zero-order chi connectivity index (χ0) is 15.7. The Morgan fingerprint density at radius 1 is 1.23 bits per heavy atom. The Hall–Kier alpha value is -2.21. The van der Waals surface area contributed by atoms with Crippen LogP contribution in [-0.4, -0.2) is 60.4 Å². The molecule has 1 aromatic rings. The minimum atomic E-state index is -0.315. The standard InChI is InChI=1S/C16H18N2O4/c1-22-11-6-8-17(10-11)14(19)7-9-18-15(20)12-4-2-3-5-13(12)16(18)21/h2-5,11H,6-10H2,1H3. The number of hydrogen-bond donors (Lipinski definition) is 0. The van der Waals surface area contributed by atoms with Gasteiger partial charge in [-0.1, -0.05) is 12.1 Å².